The van der Waals surface area contributed by atoms with Crippen LogP contribution < -0.4 is 15.4 Å². The second-order valence-corrected chi connectivity index (χ2v) is 6.62. The van der Waals surface area contributed by atoms with Crippen molar-refractivity contribution in [3.8, 4) is 5.75 Å². The van der Waals surface area contributed by atoms with Crippen molar-refractivity contribution in [1.29, 1.82) is 0 Å². The van der Waals surface area contributed by atoms with E-state index in [-0.39, 0.29) is 18.2 Å². The van der Waals surface area contributed by atoms with Gasteiger partial charge in [0.15, 0.2) is 0 Å². The first-order valence-electron chi connectivity index (χ1n) is 8.12. The van der Waals surface area contributed by atoms with Crippen molar-refractivity contribution in [2.24, 2.45) is 0 Å². The number of alkyl carbamates (subject to hydrolysis) is 1. The number of carbonyl (C=O) groups excluding carboxylic acids is 1. The fraction of sp³-hybridized carbons (Fsp3) is 0.611. The van der Waals surface area contributed by atoms with Crippen molar-refractivity contribution in [2.45, 2.75) is 58.7 Å². The largest absolute Gasteiger partial charge is 0.496 e. The maximum atomic E-state index is 11.8. The van der Waals surface area contributed by atoms with Crippen LogP contribution in [-0.4, -0.2) is 31.4 Å². The summed E-state index contributed by atoms with van der Waals surface area (Å²) < 4.78 is 10.7. The molecule has 0 aliphatic rings. The highest BCUT2D eigenvalue weighted by Crippen LogP contribution is 2.24. The standard InChI is InChI=1S/C18H30N2O3/c1-7-14(12-19-17(21)23-18(3,4)5)20-13(2)15-10-8-9-11-16(15)22-6/h8-11,13-14,20H,7,12H2,1-6H3,(H,19,21). The Kier molecular flexibility index (Phi) is 7.36. The zero-order valence-corrected chi connectivity index (χ0v) is 15.1. The molecule has 2 N–H and O–H groups in total. The van der Waals surface area contributed by atoms with Gasteiger partial charge in [-0.25, -0.2) is 4.79 Å². The normalized spacial score (nSPS) is 14.0. The minimum Gasteiger partial charge on any atom is -0.496 e. The van der Waals surface area contributed by atoms with E-state index in [0.717, 1.165) is 17.7 Å². The third-order valence-corrected chi connectivity index (χ3v) is 3.48. The molecular weight excluding hydrogens is 292 g/mol. The van der Waals surface area contributed by atoms with E-state index >= 15 is 0 Å². The molecule has 1 rings (SSSR count). The molecule has 0 aliphatic heterocycles. The van der Waals surface area contributed by atoms with Gasteiger partial charge in [0.25, 0.3) is 0 Å². The molecule has 0 aliphatic carbocycles. The minimum absolute atomic E-state index is 0.122. The third-order valence-electron chi connectivity index (χ3n) is 3.48. The van der Waals surface area contributed by atoms with E-state index in [1.165, 1.54) is 0 Å². The lowest BCUT2D eigenvalue weighted by atomic mass is 10.1. The zero-order chi connectivity index (χ0) is 17.5. The SMILES string of the molecule is CCC(CNC(=O)OC(C)(C)C)NC(C)c1ccccc1OC. The summed E-state index contributed by atoms with van der Waals surface area (Å²) in [5.41, 5.74) is 0.620. The fourth-order valence-corrected chi connectivity index (χ4v) is 2.31. The van der Waals surface area contributed by atoms with Crippen molar-refractivity contribution in [2.75, 3.05) is 13.7 Å². The Morgan fingerprint density at radius 3 is 2.48 bits per heavy atom. The van der Waals surface area contributed by atoms with Crippen molar-refractivity contribution in [3.63, 3.8) is 0 Å². The molecule has 2 atom stereocenters. The van der Waals surface area contributed by atoms with Gasteiger partial charge in [0.1, 0.15) is 11.4 Å². The molecule has 1 aromatic rings. The average Bonchev–Trinajstić information content (AvgIpc) is 2.49. The van der Waals surface area contributed by atoms with Crippen LogP contribution in [0.25, 0.3) is 0 Å². The summed E-state index contributed by atoms with van der Waals surface area (Å²) in [7, 11) is 1.67. The van der Waals surface area contributed by atoms with Gasteiger partial charge in [-0.05, 0) is 40.2 Å². The average molecular weight is 322 g/mol. The molecule has 0 heterocycles. The first-order valence-corrected chi connectivity index (χ1v) is 8.12. The molecule has 130 valence electrons. The van der Waals surface area contributed by atoms with Gasteiger partial charge in [0, 0.05) is 24.2 Å². The second-order valence-electron chi connectivity index (χ2n) is 6.62. The number of amides is 1. The van der Waals surface area contributed by atoms with Gasteiger partial charge in [-0.3, -0.25) is 0 Å². The lowest BCUT2D eigenvalue weighted by Crippen LogP contribution is -2.43. The first kappa shape index (κ1) is 19.3. The predicted octanol–water partition coefficient (Wildman–Crippen LogP) is 3.65. The maximum Gasteiger partial charge on any atom is 0.407 e. The Morgan fingerprint density at radius 2 is 1.91 bits per heavy atom. The summed E-state index contributed by atoms with van der Waals surface area (Å²) in [6.07, 6.45) is 0.512. The number of benzene rings is 1. The molecule has 0 radical (unpaired) electrons. The molecule has 0 fully saturated rings. The van der Waals surface area contributed by atoms with Gasteiger partial charge in [0.05, 0.1) is 7.11 Å². The van der Waals surface area contributed by atoms with Gasteiger partial charge in [0.2, 0.25) is 0 Å². The Morgan fingerprint density at radius 1 is 1.26 bits per heavy atom. The number of rotatable bonds is 7. The van der Waals surface area contributed by atoms with Gasteiger partial charge in [-0.15, -0.1) is 0 Å². The van der Waals surface area contributed by atoms with Gasteiger partial charge in [-0.1, -0.05) is 25.1 Å². The van der Waals surface area contributed by atoms with Crippen molar-refractivity contribution in [3.05, 3.63) is 29.8 Å². The van der Waals surface area contributed by atoms with Crippen LogP contribution in [0.1, 0.15) is 52.6 Å². The number of hydrogen-bond donors (Lipinski definition) is 2. The highest BCUT2D eigenvalue weighted by atomic mass is 16.6. The van der Waals surface area contributed by atoms with Crippen LogP contribution in [0.4, 0.5) is 4.79 Å². The topological polar surface area (TPSA) is 59.6 Å². The predicted molar refractivity (Wildman–Crippen MR) is 92.9 cm³/mol. The molecule has 2 unspecified atom stereocenters. The Balaban J connectivity index is 2.57. The molecular formula is C18H30N2O3. The summed E-state index contributed by atoms with van der Waals surface area (Å²) >= 11 is 0. The summed E-state index contributed by atoms with van der Waals surface area (Å²) in [4.78, 5) is 11.8. The number of hydrogen-bond acceptors (Lipinski definition) is 4. The highest BCUT2D eigenvalue weighted by molar-refractivity contribution is 5.67. The first-order chi connectivity index (χ1) is 10.8. The van der Waals surface area contributed by atoms with Crippen LogP contribution in [0, 0.1) is 0 Å². The molecule has 23 heavy (non-hydrogen) atoms. The van der Waals surface area contributed by atoms with E-state index in [9.17, 15) is 4.79 Å². The number of carbonyl (C=O) groups is 1. The van der Waals surface area contributed by atoms with Crippen LogP contribution in [0.15, 0.2) is 24.3 Å². The molecule has 5 heteroatoms. The monoisotopic (exact) mass is 322 g/mol. The van der Waals surface area contributed by atoms with E-state index in [1.807, 2.05) is 45.0 Å². The lowest BCUT2D eigenvalue weighted by molar-refractivity contribution is 0.0521. The second kappa shape index (κ2) is 8.77. The summed E-state index contributed by atoms with van der Waals surface area (Å²) in [6.45, 7) is 10.3. The smallest absolute Gasteiger partial charge is 0.407 e. The molecule has 0 saturated heterocycles. The van der Waals surface area contributed by atoms with E-state index in [0.29, 0.717) is 6.54 Å². The molecule has 1 amide bonds. The highest BCUT2D eigenvalue weighted by Gasteiger charge is 2.19. The summed E-state index contributed by atoms with van der Waals surface area (Å²) in [5, 5.41) is 6.35. The molecule has 0 bridgehead atoms. The van der Waals surface area contributed by atoms with Crippen molar-refractivity contribution < 1.29 is 14.3 Å². The summed E-state index contributed by atoms with van der Waals surface area (Å²) in [6, 6.07) is 8.23. The molecule has 5 nitrogen and oxygen atoms in total. The van der Waals surface area contributed by atoms with Crippen LogP contribution in [0.5, 0.6) is 5.75 Å². The summed E-state index contributed by atoms with van der Waals surface area (Å²) in [5.74, 6) is 0.863. The fourth-order valence-electron chi connectivity index (χ4n) is 2.31. The number of nitrogens with one attached hydrogen (secondary N) is 2. The zero-order valence-electron chi connectivity index (χ0n) is 15.1. The van der Waals surface area contributed by atoms with Crippen LogP contribution >= 0.6 is 0 Å². The Hall–Kier alpha value is -1.75. The van der Waals surface area contributed by atoms with E-state index in [2.05, 4.69) is 24.5 Å². The van der Waals surface area contributed by atoms with Crippen LogP contribution in [0.3, 0.4) is 0 Å². The van der Waals surface area contributed by atoms with E-state index in [1.54, 1.807) is 7.11 Å². The van der Waals surface area contributed by atoms with Crippen LogP contribution in [0.2, 0.25) is 0 Å². The number of methoxy groups -OCH3 is 1. The van der Waals surface area contributed by atoms with E-state index < -0.39 is 5.60 Å². The van der Waals surface area contributed by atoms with E-state index in [4.69, 9.17) is 9.47 Å². The van der Waals surface area contributed by atoms with Crippen molar-refractivity contribution >= 4 is 6.09 Å². The third kappa shape index (κ3) is 6.91. The maximum absolute atomic E-state index is 11.8. The molecule has 0 spiro atoms. The number of para-hydroxylation sites is 1. The molecule has 0 aromatic heterocycles. The van der Waals surface area contributed by atoms with Gasteiger partial charge in [-0.2, -0.15) is 0 Å². The number of ether oxygens (including phenoxy) is 2. The van der Waals surface area contributed by atoms with Gasteiger partial charge >= 0.3 is 6.09 Å². The van der Waals surface area contributed by atoms with Gasteiger partial charge < -0.3 is 20.1 Å². The van der Waals surface area contributed by atoms with Crippen molar-refractivity contribution in [1.82, 2.24) is 10.6 Å². The van der Waals surface area contributed by atoms with Crippen LogP contribution in [-0.2, 0) is 4.74 Å². The minimum atomic E-state index is -0.482. The Bertz CT molecular complexity index is 497. The quantitative estimate of drug-likeness (QED) is 0.804. The Labute approximate surface area is 139 Å². The molecule has 1 aromatic carbocycles. The lowest BCUT2D eigenvalue weighted by Gasteiger charge is -2.25. The molecule has 0 saturated carbocycles.